The van der Waals surface area contributed by atoms with Crippen LogP contribution in [0, 0.1) is 5.92 Å². The molecule has 1 fully saturated rings. The Morgan fingerprint density at radius 2 is 1.65 bits per heavy atom. The maximum Gasteiger partial charge on any atom is 0.407 e. The number of carbonyl (C=O) groups is 3. The molecule has 0 bridgehead atoms. The monoisotopic (exact) mass is 466 g/mol. The number of benzene rings is 2. The van der Waals surface area contributed by atoms with Crippen LogP contribution in [0.15, 0.2) is 48.5 Å². The molecular weight excluding hydrogens is 436 g/mol. The lowest BCUT2D eigenvalue weighted by Gasteiger charge is -2.16. The van der Waals surface area contributed by atoms with E-state index in [-0.39, 0.29) is 25.0 Å². The van der Waals surface area contributed by atoms with E-state index in [0.29, 0.717) is 32.4 Å². The van der Waals surface area contributed by atoms with Crippen LogP contribution < -0.4 is 5.32 Å². The highest BCUT2D eigenvalue weighted by Gasteiger charge is 2.39. The van der Waals surface area contributed by atoms with Gasteiger partial charge >= 0.3 is 12.1 Å². The number of nitrogens with zero attached hydrogens (tertiary/aromatic N) is 1. The van der Waals surface area contributed by atoms with Gasteiger partial charge in [-0.2, -0.15) is 0 Å². The number of fused-ring (bicyclic) bond motifs is 3. The number of likely N-dealkylation sites (tertiary alicyclic amines) is 1. The Kier molecular flexibility index (Phi) is 7.47. The molecule has 2 aromatic carbocycles. The summed E-state index contributed by atoms with van der Waals surface area (Å²) in [4.78, 5) is 37.4. The minimum absolute atomic E-state index is 0.0155. The number of aliphatic carboxylic acids is 1. The van der Waals surface area contributed by atoms with E-state index in [1.807, 2.05) is 24.3 Å². The van der Waals surface area contributed by atoms with Crippen LogP contribution in [0.4, 0.5) is 4.79 Å². The normalized spacial score (nSPS) is 18.9. The van der Waals surface area contributed by atoms with Crippen molar-refractivity contribution in [2.45, 2.75) is 31.3 Å². The Morgan fingerprint density at radius 3 is 2.24 bits per heavy atom. The summed E-state index contributed by atoms with van der Waals surface area (Å²) in [5, 5.41) is 12.0. The van der Waals surface area contributed by atoms with Gasteiger partial charge in [0.1, 0.15) is 12.5 Å². The molecule has 0 aromatic heterocycles. The number of hydrogen-bond acceptors (Lipinski definition) is 5. The van der Waals surface area contributed by atoms with E-state index in [4.69, 9.17) is 9.47 Å². The van der Waals surface area contributed by atoms with Crippen LogP contribution in [-0.2, 0) is 19.1 Å². The SMILES string of the molecule is COC1CN(C(=O)CCCCNC(=O)OCC2c3ccccc3-c3ccccc32)CC1C(=O)O. The number of carbonyl (C=O) groups excluding carboxylic acids is 2. The lowest BCUT2D eigenvalue weighted by atomic mass is 9.98. The average molecular weight is 467 g/mol. The molecule has 34 heavy (non-hydrogen) atoms. The van der Waals surface area contributed by atoms with Crippen LogP contribution in [0.3, 0.4) is 0 Å². The topological polar surface area (TPSA) is 105 Å². The average Bonchev–Trinajstić information content (AvgIpc) is 3.42. The molecule has 180 valence electrons. The van der Waals surface area contributed by atoms with Gasteiger partial charge in [0.05, 0.1) is 6.10 Å². The molecule has 8 heteroatoms. The van der Waals surface area contributed by atoms with E-state index in [0.717, 1.165) is 11.1 Å². The Bertz CT molecular complexity index is 1010. The minimum atomic E-state index is -0.950. The largest absolute Gasteiger partial charge is 0.481 e. The Morgan fingerprint density at radius 1 is 1.00 bits per heavy atom. The molecule has 2 aromatic rings. The van der Waals surface area contributed by atoms with Crippen molar-refractivity contribution in [3.8, 4) is 11.1 Å². The fourth-order valence-corrected chi connectivity index (χ4v) is 4.85. The van der Waals surface area contributed by atoms with Crippen molar-refractivity contribution in [2.24, 2.45) is 5.92 Å². The quantitative estimate of drug-likeness (QED) is 0.550. The second kappa shape index (κ2) is 10.7. The van der Waals surface area contributed by atoms with E-state index in [1.165, 1.54) is 18.2 Å². The second-order valence-corrected chi connectivity index (χ2v) is 8.73. The lowest BCUT2D eigenvalue weighted by molar-refractivity contribution is -0.144. The van der Waals surface area contributed by atoms with Crippen LogP contribution in [0.2, 0.25) is 0 Å². The number of ether oxygens (including phenoxy) is 2. The van der Waals surface area contributed by atoms with Crippen molar-refractivity contribution < 1.29 is 29.0 Å². The third kappa shape index (κ3) is 5.07. The molecule has 2 atom stereocenters. The highest BCUT2D eigenvalue weighted by atomic mass is 16.5. The van der Waals surface area contributed by atoms with Gasteiger partial charge in [-0.05, 0) is 35.1 Å². The van der Waals surface area contributed by atoms with E-state index in [1.54, 1.807) is 4.90 Å². The summed E-state index contributed by atoms with van der Waals surface area (Å²) in [7, 11) is 1.46. The number of hydrogen-bond donors (Lipinski definition) is 2. The number of unbranched alkanes of at least 4 members (excludes halogenated alkanes) is 1. The molecule has 0 spiro atoms. The molecule has 1 aliphatic carbocycles. The molecule has 0 saturated carbocycles. The third-order valence-corrected chi connectivity index (χ3v) is 6.67. The van der Waals surface area contributed by atoms with Crippen molar-refractivity contribution in [3.63, 3.8) is 0 Å². The van der Waals surface area contributed by atoms with Crippen molar-refractivity contribution in [3.05, 3.63) is 59.7 Å². The standard InChI is InChI=1S/C26H30N2O6/c1-33-23-15-28(14-21(23)25(30)31)24(29)12-6-7-13-27-26(32)34-16-22-19-10-4-2-8-17(19)18-9-3-5-11-20(18)22/h2-5,8-11,21-23H,6-7,12-16H2,1H3,(H,27,32)(H,30,31). The molecule has 2 amide bonds. The van der Waals surface area contributed by atoms with Crippen LogP contribution >= 0.6 is 0 Å². The molecule has 1 heterocycles. The van der Waals surface area contributed by atoms with Gasteiger partial charge in [0.15, 0.2) is 0 Å². The van der Waals surface area contributed by atoms with Crippen LogP contribution in [0.25, 0.3) is 11.1 Å². The predicted octanol–water partition coefficient (Wildman–Crippen LogP) is 3.25. The van der Waals surface area contributed by atoms with Gasteiger partial charge in [-0.15, -0.1) is 0 Å². The van der Waals surface area contributed by atoms with Crippen molar-refractivity contribution in [1.29, 1.82) is 0 Å². The van der Waals surface area contributed by atoms with Gasteiger partial charge in [-0.1, -0.05) is 48.5 Å². The zero-order chi connectivity index (χ0) is 24.1. The lowest BCUT2D eigenvalue weighted by Crippen LogP contribution is -2.30. The smallest absolute Gasteiger partial charge is 0.407 e. The maximum atomic E-state index is 12.4. The van der Waals surface area contributed by atoms with Crippen LogP contribution in [0.5, 0.6) is 0 Å². The van der Waals surface area contributed by atoms with Crippen LogP contribution in [0.1, 0.15) is 36.3 Å². The predicted molar refractivity (Wildman–Crippen MR) is 125 cm³/mol. The van der Waals surface area contributed by atoms with Crippen molar-refractivity contribution >= 4 is 18.0 Å². The first-order chi connectivity index (χ1) is 16.5. The summed E-state index contributed by atoms with van der Waals surface area (Å²) in [6, 6.07) is 16.4. The summed E-state index contributed by atoms with van der Waals surface area (Å²) in [6.45, 7) is 1.14. The number of alkyl carbamates (subject to hydrolysis) is 1. The first-order valence-corrected chi connectivity index (χ1v) is 11.6. The summed E-state index contributed by atoms with van der Waals surface area (Å²) in [5.74, 6) is -1.72. The molecule has 0 radical (unpaired) electrons. The number of carboxylic acids is 1. The molecule has 2 unspecified atom stereocenters. The van der Waals surface area contributed by atoms with Gasteiger partial charge in [0, 0.05) is 39.1 Å². The summed E-state index contributed by atoms with van der Waals surface area (Å²) in [6.07, 6.45) is 0.570. The number of amides is 2. The summed E-state index contributed by atoms with van der Waals surface area (Å²) in [5.41, 5.74) is 4.69. The van der Waals surface area contributed by atoms with Gasteiger partial charge in [-0.25, -0.2) is 4.79 Å². The van der Waals surface area contributed by atoms with Crippen molar-refractivity contribution in [2.75, 3.05) is 33.4 Å². The van der Waals surface area contributed by atoms with E-state index >= 15 is 0 Å². The summed E-state index contributed by atoms with van der Waals surface area (Å²) >= 11 is 0. The first-order valence-electron chi connectivity index (χ1n) is 11.6. The number of nitrogens with one attached hydrogen (secondary N) is 1. The van der Waals surface area contributed by atoms with Crippen molar-refractivity contribution in [1.82, 2.24) is 10.2 Å². The van der Waals surface area contributed by atoms with Crippen LogP contribution in [-0.4, -0.2) is 67.4 Å². The minimum Gasteiger partial charge on any atom is -0.481 e. The zero-order valence-electron chi connectivity index (χ0n) is 19.2. The van der Waals surface area contributed by atoms with Gasteiger partial charge in [0.2, 0.25) is 5.91 Å². The number of carboxylic acid groups (broad SMARTS) is 1. The third-order valence-electron chi connectivity index (χ3n) is 6.67. The molecule has 2 aliphatic rings. The molecule has 2 N–H and O–H groups in total. The zero-order valence-corrected chi connectivity index (χ0v) is 19.2. The fourth-order valence-electron chi connectivity index (χ4n) is 4.85. The molecular formula is C26H30N2O6. The number of rotatable bonds is 9. The molecule has 8 nitrogen and oxygen atoms in total. The maximum absolute atomic E-state index is 12.4. The highest BCUT2D eigenvalue weighted by molar-refractivity contribution is 5.80. The molecule has 1 saturated heterocycles. The fraction of sp³-hybridized carbons (Fsp3) is 0.423. The van der Waals surface area contributed by atoms with Gasteiger partial charge in [0.25, 0.3) is 0 Å². The molecule has 1 aliphatic heterocycles. The van der Waals surface area contributed by atoms with E-state index in [9.17, 15) is 19.5 Å². The van der Waals surface area contributed by atoms with E-state index in [2.05, 4.69) is 29.6 Å². The summed E-state index contributed by atoms with van der Waals surface area (Å²) < 4.78 is 10.7. The Labute approximate surface area is 198 Å². The number of methoxy groups -OCH3 is 1. The highest BCUT2D eigenvalue weighted by Crippen LogP contribution is 2.44. The first kappa shape index (κ1) is 23.8. The Hall–Kier alpha value is -3.39. The van der Waals surface area contributed by atoms with E-state index < -0.39 is 24.1 Å². The van der Waals surface area contributed by atoms with Gasteiger partial charge < -0.3 is 24.8 Å². The van der Waals surface area contributed by atoms with Gasteiger partial charge in [-0.3, -0.25) is 9.59 Å². The Balaban J connectivity index is 1.17. The second-order valence-electron chi connectivity index (χ2n) is 8.73. The molecule has 4 rings (SSSR count).